The fourth-order valence-electron chi connectivity index (χ4n) is 2.50. The summed E-state index contributed by atoms with van der Waals surface area (Å²) in [7, 11) is -1.92. The highest BCUT2D eigenvalue weighted by Crippen LogP contribution is 2.33. The molecule has 10 heteroatoms. The second-order valence-corrected chi connectivity index (χ2v) is 9.82. The van der Waals surface area contributed by atoms with Gasteiger partial charge in [-0.2, -0.15) is 0 Å². The molecule has 0 aliphatic carbocycles. The molecule has 4 rings (SSSR count). The average Bonchev–Trinajstić information content (AvgIpc) is 3.21. The van der Waals surface area contributed by atoms with Crippen molar-refractivity contribution in [2.24, 2.45) is 0 Å². The fraction of sp³-hybridized carbons (Fsp3) is 0.118. The van der Waals surface area contributed by atoms with Gasteiger partial charge in [0.25, 0.3) is 0 Å². The summed E-state index contributed by atoms with van der Waals surface area (Å²) in [5, 5.41) is 4.40. The Balaban J connectivity index is 1.66. The van der Waals surface area contributed by atoms with E-state index < -0.39 is 15.8 Å². The number of thiazole rings is 2. The van der Waals surface area contributed by atoms with Gasteiger partial charge in [0, 0.05) is 6.26 Å². The van der Waals surface area contributed by atoms with Crippen LogP contribution >= 0.6 is 22.7 Å². The Morgan fingerprint density at radius 1 is 1.00 bits per heavy atom. The molecule has 138 valence electrons. The molecule has 0 unspecified atom stereocenters. The van der Waals surface area contributed by atoms with E-state index in [4.69, 9.17) is 4.74 Å². The standard InChI is InChI=1S/C17H13N3O4S3/c1-24-15(21)9-3-5-11-13(7-9)25-16(18-11)20-17-19-12-6-4-10(27(2,22)23)8-14(12)26-17/h3-8H,1-2H3,(H,18,19,20). The molecule has 27 heavy (non-hydrogen) atoms. The smallest absolute Gasteiger partial charge is 0.337 e. The van der Waals surface area contributed by atoms with Gasteiger partial charge in [-0.1, -0.05) is 22.7 Å². The van der Waals surface area contributed by atoms with Crippen molar-refractivity contribution in [3.8, 4) is 0 Å². The molecule has 0 saturated heterocycles. The number of aromatic nitrogens is 2. The molecule has 2 aromatic carbocycles. The Morgan fingerprint density at radius 2 is 1.59 bits per heavy atom. The molecule has 0 aliphatic rings. The van der Waals surface area contributed by atoms with Crippen LogP contribution in [-0.4, -0.2) is 37.7 Å². The number of ether oxygens (including phenoxy) is 1. The maximum Gasteiger partial charge on any atom is 0.337 e. The molecule has 7 nitrogen and oxygen atoms in total. The van der Waals surface area contributed by atoms with Crippen LogP contribution in [0.3, 0.4) is 0 Å². The number of fused-ring (bicyclic) bond motifs is 2. The molecule has 4 aromatic rings. The van der Waals surface area contributed by atoms with Crippen molar-refractivity contribution in [1.82, 2.24) is 9.97 Å². The number of hydrogen-bond acceptors (Lipinski definition) is 9. The Morgan fingerprint density at radius 3 is 2.19 bits per heavy atom. The average molecular weight is 420 g/mol. The minimum absolute atomic E-state index is 0.264. The lowest BCUT2D eigenvalue weighted by Gasteiger charge is -1.97. The molecule has 0 atom stereocenters. The van der Waals surface area contributed by atoms with E-state index in [-0.39, 0.29) is 4.90 Å². The van der Waals surface area contributed by atoms with Gasteiger partial charge in [-0.3, -0.25) is 0 Å². The predicted molar refractivity (Wildman–Crippen MR) is 107 cm³/mol. The first-order valence-corrected chi connectivity index (χ1v) is 11.2. The maximum atomic E-state index is 11.7. The highest BCUT2D eigenvalue weighted by Gasteiger charge is 2.13. The van der Waals surface area contributed by atoms with Gasteiger partial charge in [0.2, 0.25) is 0 Å². The zero-order valence-electron chi connectivity index (χ0n) is 14.2. The molecule has 2 aromatic heterocycles. The van der Waals surface area contributed by atoms with E-state index >= 15 is 0 Å². The van der Waals surface area contributed by atoms with E-state index in [0.717, 1.165) is 14.9 Å². The van der Waals surface area contributed by atoms with Crippen LogP contribution in [-0.2, 0) is 14.6 Å². The van der Waals surface area contributed by atoms with Gasteiger partial charge >= 0.3 is 5.97 Å². The van der Waals surface area contributed by atoms with Crippen LogP contribution < -0.4 is 5.32 Å². The van der Waals surface area contributed by atoms with Crippen LogP contribution in [0.15, 0.2) is 41.3 Å². The summed E-state index contributed by atoms with van der Waals surface area (Å²) in [5.74, 6) is -0.396. The van der Waals surface area contributed by atoms with Gasteiger partial charge in [0.05, 0.1) is 38.0 Å². The van der Waals surface area contributed by atoms with Crippen molar-refractivity contribution in [2.75, 3.05) is 18.7 Å². The van der Waals surface area contributed by atoms with Gasteiger partial charge in [-0.05, 0) is 36.4 Å². The summed E-state index contributed by atoms with van der Waals surface area (Å²) >= 11 is 2.74. The Bertz CT molecular complexity index is 1290. The fourth-order valence-corrected chi connectivity index (χ4v) is 5.10. The van der Waals surface area contributed by atoms with E-state index in [0.29, 0.717) is 21.3 Å². The summed E-state index contributed by atoms with van der Waals surface area (Å²) in [4.78, 5) is 20.9. The van der Waals surface area contributed by atoms with Crippen LogP contribution in [0.2, 0.25) is 0 Å². The number of rotatable bonds is 4. The van der Waals surface area contributed by atoms with Gasteiger partial charge in [-0.25, -0.2) is 23.2 Å². The Labute approximate surface area is 162 Å². The second-order valence-electron chi connectivity index (χ2n) is 5.74. The molecule has 0 saturated carbocycles. The molecule has 0 radical (unpaired) electrons. The van der Waals surface area contributed by atoms with Crippen molar-refractivity contribution in [3.63, 3.8) is 0 Å². The van der Waals surface area contributed by atoms with Crippen LogP contribution in [0.25, 0.3) is 20.4 Å². The summed E-state index contributed by atoms with van der Waals surface area (Å²) in [5.41, 5.74) is 1.94. The number of benzene rings is 2. The molecular weight excluding hydrogens is 406 g/mol. The molecule has 0 bridgehead atoms. The van der Waals surface area contributed by atoms with Crippen LogP contribution in [0.5, 0.6) is 0 Å². The van der Waals surface area contributed by atoms with Crippen LogP contribution in [0.4, 0.5) is 10.3 Å². The quantitative estimate of drug-likeness (QED) is 0.502. The lowest BCUT2D eigenvalue weighted by Crippen LogP contribution is -1.99. The van der Waals surface area contributed by atoms with Crippen molar-refractivity contribution in [2.45, 2.75) is 4.90 Å². The Kier molecular flexibility index (Phi) is 4.33. The third kappa shape index (κ3) is 3.51. The largest absolute Gasteiger partial charge is 0.465 e. The number of esters is 1. The Hall–Kier alpha value is -2.56. The molecule has 0 aliphatic heterocycles. The lowest BCUT2D eigenvalue weighted by atomic mass is 10.2. The van der Waals surface area contributed by atoms with Crippen molar-refractivity contribution >= 4 is 69.2 Å². The van der Waals surface area contributed by atoms with Gasteiger partial charge in [0.1, 0.15) is 0 Å². The maximum absolute atomic E-state index is 11.7. The first-order valence-electron chi connectivity index (χ1n) is 7.70. The molecule has 0 spiro atoms. The van der Waals surface area contributed by atoms with Crippen LogP contribution in [0.1, 0.15) is 10.4 Å². The molecular formula is C17H13N3O4S3. The highest BCUT2D eigenvalue weighted by atomic mass is 32.2. The summed E-state index contributed by atoms with van der Waals surface area (Å²) < 4.78 is 29.8. The number of methoxy groups -OCH3 is 1. The third-order valence-corrected chi connectivity index (χ3v) is 6.79. The number of sulfone groups is 1. The van der Waals surface area contributed by atoms with E-state index in [1.165, 1.54) is 36.0 Å². The molecule has 2 heterocycles. The topological polar surface area (TPSA) is 98.2 Å². The third-order valence-electron chi connectivity index (χ3n) is 3.81. The zero-order chi connectivity index (χ0) is 19.2. The highest BCUT2D eigenvalue weighted by molar-refractivity contribution is 7.90. The normalized spacial score (nSPS) is 11.8. The van der Waals surface area contributed by atoms with Crippen LogP contribution in [0, 0.1) is 0 Å². The SMILES string of the molecule is COC(=O)c1ccc2nc(Nc3nc4ccc(S(C)(=O)=O)cc4s3)sc2c1. The monoisotopic (exact) mass is 419 g/mol. The second kappa shape index (κ2) is 6.55. The van der Waals surface area contributed by atoms with E-state index in [2.05, 4.69) is 15.3 Å². The number of anilines is 2. The number of carbonyl (C=O) groups is 1. The molecule has 1 N–H and O–H groups in total. The minimum Gasteiger partial charge on any atom is -0.465 e. The number of carbonyl (C=O) groups excluding carboxylic acids is 1. The first kappa shape index (κ1) is 17.8. The van der Waals surface area contributed by atoms with E-state index in [1.54, 1.807) is 36.4 Å². The molecule has 0 amide bonds. The summed E-state index contributed by atoms with van der Waals surface area (Å²) in [6, 6.07) is 10.0. The zero-order valence-corrected chi connectivity index (χ0v) is 16.7. The van der Waals surface area contributed by atoms with Crippen molar-refractivity contribution in [3.05, 3.63) is 42.0 Å². The minimum atomic E-state index is -3.26. The van der Waals surface area contributed by atoms with Gasteiger partial charge in [0.15, 0.2) is 20.1 Å². The summed E-state index contributed by atoms with van der Waals surface area (Å²) in [6.07, 6.45) is 1.18. The van der Waals surface area contributed by atoms with Crippen molar-refractivity contribution < 1.29 is 17.9 Å². The lowest BCUT2D eigenvalue weighted by molar-refractivity contribution is 0.0601. The van der Waals surface area contributed by atoms with Crippen molar-refractivity contribution in [1.29, 1.82) is 0 Å². The predicted octanol–water partition coefficient (Wildman–Crippen LogP) is 3.84. The summed E-state index contributed by atoms with van der Waals surface area (Å²) in [6.45, 7) is 0. The van der Waals surface area contributed by atoms with Gasteiger partial charge < -0.3 is 10.1 Å². The van der Waals surface area contributed by atoms with Gasteiger partial charge in [-0.15, -0.1) is 0 Å². The number of nitrogens with zero attached hydrogens (tertiary/aromatic N) is 2. The number of nitrogens with one attached hydrogen (secondary N) is 1. The van der Waals surface area contributed by atoms with E-state index in [9.17, 15) is 13.2 Å². The van der Waals surface area contributed by atoms with E-state index in [1.807, 2.05) is 0 Å². The number of hydrogen-bond donors (Lipinski definition) is 1. The first-order chi connectivity index (χ1) is 12.8. The molecule has 0 fully saturated rings.